The molecule has 1 aromatic carbocycles. The Balaban J connectivity index is 1.68. The molecule has 1 heterocycles. The van der Waals surface area contributed by atoms with Crippen LogP contribution in [-0.4, -0.2) is 18.1 Å². The van der Waals surface area contributed by atoms with Crippen molar-refractivity contribution >= 4 is 5.69 Å². The second kappa shape index (κ2) is 5.64. The van der Waals surface area contributed by atoms with E-state index in [1.165, 1.54) is 75.6 Å². The van der Waals surface area contributed by atoms with E-state index in [1.54, 1.807) is 0 Å². The molecule has 0 unspecified atom stereocenters. The van der Waals surface area contributed by atoms with Crippen molar-refractivity contribution in [2.45, 2.75) is 75.9 Å². The molecule has 2 heteroatoms. The van der Waals surface area contributed by atoms with Crippen molar-refractivity contribution in [3.8, 4) is 0 Å². The molecule has 2 nitrogen and oxygen atoms in total. The summed E-state index contributed by atoms with van der Waals surface area (Å²) in [6, 6.07) is 9.89. The van der Waals surface area contributed by atoms with E-state index in [0.29, 0.717) is 5.54 Å². The van der Waals surface area contributed by atoms with Gasteiger partial charge >= 0.3 is 0 Å². The molecule has 0 amide bonds. The molecule has 114 valence electrons. The number of benzene rings is 1. The van der Waals surface area contributed by atoms with Gasteiger partial charge in [0.15, 0.2) is 0 Å². The van der Waals surface area contributed by atoms with Crippen LogP contribution in [0.5, 0.6) is 0 Å². The van der Waals surface area contributed by atoms with Gasteiger partial charge in [0.25, 0.3) is 0 Å². The Morgan fingerprint density at radius 2 is 1.71 bits per heavy atom. The molecule has 1 aliphatic heterocycles. The molecule has 0 radical (unpaired) electrons. The zero-order chi connectivity index (χ0) is 14.1. The summed E-state index contributed by atoms with van der Waals surface area (Å²) >= 11 is 0. The lowest BCUT2D eigenvalue weighted by molar-refractivity contribution is 0.314. The van der Waals surface area contributed by atoms with E-state index in [2.05, 4.69) is 34.5 Å². The molecule has 2 saturated carbocycles. The Morgan fingerprint density at radius 1 is 0.952 bits per heavy atom. The summed E-state index contributed by atoms with van der Waals surface area (Å²) in [5.74, 6) is 0. The average molecular weight is 284 g/mol. The standard InChI is InChI=1S/C19H28N2/c1-2-9-17(10-3-1)21-15-19(12-6-7-13-19)20-14-16-8-4-5-11-18(16)21/h4-5,8,11,17,20H,1-3,6-7,9-10,12-15H2. The van der Waals surface area contributed by atoms with E-state index in [0.717, 1.165) is 12.6 Å². The maximum atomic E-state index is 3.94. The molecule has 2 fully saturated rings. The minimum Gasteiger partial charge on any atom is -0.366 e. The van der Waals surface area contributed by atoms with Gasteiger partial charge in [-0.2, -0.15) is 0 Å². The monoisotopic (exact) mass is 284 g/mol. The van der Waals surface area contributed by atoms with Crippen LogP contribution < -0.4 is 10.2 Å². The van der Waals surface area contributed by atoms with Crippen LogP contribution in [-0.2, 0) is 6.54 Å². The van der Waals surface area contributed by atoms with Crippen molar-refractivity contribution in [1.29, 1.82) is 0 Å². The summed E-state index contributed by atoms with van der Waals surface area (Å²) in [5, 5.41) is 3.94. The van der Waals surface area contributed by atoms with Crippen molar-refractivity contribution in [2.24, 2.45) is 0 Å². The molecule has 0 bridgehead atoms. The van der Waals surface area contributed by atoms with Gasteiger partial charge in [0, 0.05) is 30.4 Å². The molecule has 2 aliphatic carbocycles. The molecular weight excluding hydrogens is 256 g/mol. The van der Waals surface area contributed by atoms with Crippen LogP contribution >= 0.6 is 0 Å². The summed E-state index contributed by atoms with van der Waals surface area (Å²) in [7, 11) is 0. The van der Waals surface area contributed by atoms with Crippen molar-refractivity contribution < 1.29 is 0 Å². The predicted molar refractivity (Wildman–Crippen MR) is 88.7 cm³/mol. The van der Waals surface area contributed by atoms with Crippen molar-refractivity contribution in [3.63, 3.8) is 0 Å². The SMILES string of the molecule is c1ccc2c(c1)CNC1(CCCC1)CN2C1CCCCC1. The zero-order valence-electron chi connectivity index (χ0n) is 13.1. The fraction of sp³-hybridized carbons (Fsp3) is 0.684. The number of nitrogens with one attached hydrogen (secondary N) is 1. The normalized spacial score (nSPS) is 25.8. The van der Waals surface area contributed by atoms with Crippen molar-refractivity contribution in [3.05, 3.63) is 29.8 Å². The molecule has 1 spiro atoms. The molecule has 1 aromatic rings. The Hall–Kier alpha value is -1.02. The number of nitrogens with zero attached hydrogens (tertiary/aromatic N) is 1. The first kappa shape index (κ1) is 13.6. The van der Waals surface area contributed by atoms with Gasteiger partial charge < -0.3 is 10.2 Å². The molecule has 0 saturated heterocycles. The minimum atomic E-state index is 0.385. The highest BCUT2D eigenvalue weighted by molar-refractivity contribution is 5.56. The average Bonchev–Trinajstić information content (AvgIpc) is 2.94. The Bertz CT molecular complexity index is 484. The molecule has 1 N–H and O–H groups in total. The number of hydrogen-bond acceptors (Lipinski definition) is 2. The smallest absolute Gasteiger partial charge is 0.0414 e. The summed E-state index contributed by atoms with van der Waals surface area (Å²) in [6.07, 6.45) is 12.6. The first-order valence-corrected chi connectivity index (χ1v) is 8.96. The number of rotatable bonds is 1. The zero-order valence-corrected chi connectivity index (χ0v) is 13.1. The predicted octanol–water partition coefficient (Wildman–Crippen LogP) is 4.24. The third kappa shape index (κ3) is 2.59. The highest BCUT2D eigenvalue weighted by Gasteiger charge is 2.39. The highest BCUT2D eigenvalue weighted by atomic mass is 15.2. The van der Waals surface area contributed by atoms with E-state index in [-0.39, 0.29) is 0 Å². The Morgan fingerprint density at radius 3 is 2.52 bits per heavy atom. The van der Waals surface area contributed by atoms with Crippen molar-refractivity contribution in [2.75, 3.05) is 11.4 Å². The van der Waals surface area contributed by atoms with Gasteiger partial charge in [-0.15, -0.1) is 0 Å². The van der Waals surface area contributed by atoms with Crippen molar-refractivity contribution in [1.82, 2.24) is 5.32 Å². The first-order valence-electron chi connectivity index (χ1n) is 8.96. The van der Waals surface area contributed by atoms with E-state index in [1.807, 2.05) is 0 Å². The molecule has 0 aromatic heterocycles. The van der Waals surface area contributed by atoms with E-state index >= 15 is 0 Å². The quantitative estimate of drug-likeness (QED) is 0.829. The van der Waals surface area contributed by atoms with Crippen LogP contribution in [0.3, 0.4) is 0 Å². The Kier molecular flexibility index (Phi) is 3.66. The lowest BCUT2D eigenvalue weighted by Gasteiger charge is -2.41. The summed E-state index contributed by atoms with van der Waals surface area (Å²) in [6.45, 7) is 2.29. The van der Waals surface area contributed by atoms with E-state index < -0.39 is 0 Å². The molecular formula is C19H28N2. The van der Waals surface area contributed by atoms with Crippen LogP contribution in [0.25, 0.3) is 0 Å². The van der Waals surface area contributed by atoms with Gasteiger partial charge in [-0.1, -0.05) is 50.3 Å². The number of hydrogen-bond donors (Lipinski definition) is 1. The fourth-order valence-corrected chi connectivity index (χ4v) is 4.80. The molecule has 3 aliphatic rings. The van der Waals surface area contributed by atoms with Crippen LogP contribution in [0.4, 0.5) is 5.69 Å². The maximum absolute atomic E-state index is 3.94. The van der Waals surface area contributed by atoms with Gasteiger partial charge in [-0.3, -0.25) is 0 Å². The molecule has 21 heavy (non-hydrogen) atoms. The van der Waals surface area contributed by atoms with Crippen LogP contribution in [0.2, 0.25) is 0 Å². The lowest BCUT2D eigenvalue weighted by Crippen LogP contribution is -2.52. The summed E-state index contributed by atoms with van der Waals surface area (Å²) in [4.78, 5) is 2.79. The third-order valence-corrected chi connectivity index (χ3v) is 6.00. The Labute approximate surface area is 128 Å². The van der Waals surface area contributed by atoms with Gasteiger partial charge in [0.05, 0.1) is 0 Å². The first-order chi connectivity index (χ1) is 10.4. The minimum absolute atomic E-state index is 0.385. The number of fused-ring (bicyclic) bond motifs is 1. The second-order valence-electron chi connectivity index (χ2n) is 7.39. The van der Waals surface area contributed by atoms with Crippen LogP contribution in [0.15, 0.2) is 24.3 Å². The topological polar surface area (TPSA) is 15.3 Å². The third-order valence-electron chi connectivity index (χ3n) is 6.00. The second-order valence-corrected chi connectivity index (χ2v) is 7.39. The summed E-state index contributed by atoms with van der Waals surface area (Å²) < 4.78 is 0. The highest BCUT2D eigenvalue weighted by Crippen LogP contribution is 2.38. The van der Waals surface area contributed by atoms with Gasteiger partial charge in [0.2, 0.25) is 0 Å². The summed E-state index contributed by atoms with van der Waals surface area (Å²) in [5.41, 5.74) is 3.41. The fourth-order valence-electron chi connectivity index (χ4n) is 4.80. The number of anilines is 1. The van der Waals surface area contributed by atoms with Gasteiger partial charge in [-0.05, 0) is 37.3 Å². The molecule has 0 atom stereocenters. The van der Waals surface area contributed by atoms with E-state index in [9.17, 15) is 0 Å². The van der Waals surface area contributed by atoms with E-state index in [4.69, 9.17) is 0 Å². The van der Waals surface area contributed by atoms with Crippen LogP contribution in [0, 0.1) is 0 Å². The number of para-hydroxylation sites is 1. The largest absolute Gasteiger partial charge is 0.366 e. The van der Waals surface area contributed by atoms with Gasteiger partial charge in [0.1, 0.15) is 0 Å². The maximum Gasteiger partial charge on any atom is 0.0414 e. The lowest BCUT2D eigenvalue weighted by atomic mass is 9.91. The van der Waals surface area contributed by atoms with Gasteiger partial charge in [-0.25, -0.2) is 0 Å². The van der Waals surface area contributed by atoms with Crippen LogP contribution in [0.1, 0.15) is 63.4 Å². The molecule has 4 rings (SSSR count).